The van der Waals surface area contributed by atoms with E-state index in [2.05, 4.69) is 289 Å². The summed E-state index contributed by atoms with van der Waals surface area (Å²) in [6, 6.07) is 103. The molecule has 3 nitrogen and oxygen atoms in total. The van der Waals surface area contributed by atoms with Gasteiger partial charge in [-0.3, -0.25) is 0 Å². The molecule has 0 N–H and O–H groups in total. The smallest absolute Gasteiger partial charge is 0.136 e. The maximum atomic E-state index is 6.65. The first-order chi connectivity index (χ1) is 37.7. The fourth-order valence-corrected chi connectivity index (χ4v) is 13.3. The maximum absolute atomic E-state index is 6.65. The van der Waals surface area contributed by atoms with Crippen molar-refractivity contribution in [3.8, 4) is 66.8 Å². The molecule has 13 aromatic rings. The van der Waals surface area contributed by atoms with Crippen molar-refractivity contribution >= 4 is 56.1 Å². The molecule has 76 heavy (non-hydrogen) atoms. The molecule has 3 heteroatoms. The molecule has 0 saturated carbocycles. The zero-order valence-electron chi connectivity index (χ0n) is 41.4. The number of fused-ring (bicyclic) bond motifs is 20. The Morgan fingerprint density at radius 2 is 0.816 bits per heavy atom. The molecule has 0 saturated heterocycles. The van der Waals surface area contributed by atoms with E-state index in [0.717, 1.165) is 61.6 Å². The number of benzene rings is 12. The van der Waals surface area contributed by atoms with E-state index in [1.54, 1.807) is 0 Å². The van der Waals surface area contributed by atoms with Crippen LogP contribution >= 0.6 is 0 Å². The minimum atomic E-state index is -0.689. The first-order valence-electron chi connectivity index (χ1n) is 26.2. The molecule has 0 radical (unpaired) electrons. The lowest BCUT2D eigenvalue weighted by molar-refractivity contribution is 0.668. The minimum absolute atomic E-state index is 0.689. The first-order valence-corrected chi connectivity index (χ1v) is 26.2. The lowest BCUT2D eigenvalue weighted by Gasteiger charge is -2.37. The van der Waals surface area contributed by atoms with Gasteiger partial charge >= 0.3 is 0 Å². The Kier molecular flexibility index (Phi) is 9.25. The Morgan fingerprint density at radius 3 is 1.55 bits per heavy atom. The van der Waals surface area contributed by atoms with Crippen LogP contribution < -0.4 is 9.80 Å². The maximum Gasteiger partial charge on any atom is 0.136 e. The second-order valence-corrected chi connectivity index (χ2v) is 20.3. The molecule has 0 bridgehead atoms. The van der Waals surface area contributed by atoms with E-state index in [0.29, 0.717) is 0 Å². The third kappa shape index (κ3) is 6.05. The van der Waals surface area contributed by atoms with E-state index in [4.69, 9.17) is 4.42 Å². The van der Waals surface area contributed by atoms with Crippen LogP contribution in [0.25, 0.3) is 88.7 Å². The molecule has 16 rings (SSSR count). The number of hydrogen-bond donors (Lipinski definition) is 0. The lowest BCUT2D eigenvalue weighted by Crippen LogP contribution is -2.29. The van der Waals surface area contributed by atoms with Gasteiger partial charge in [0.05, 0.1) is 22.5 Å². The summed E-state index contributed by atoms with van der Waals surface area (Å²) in [6.45, 7) is 0. The van der Waals surface area contributed by atoms with Gasteiger partial charge in [-0.25, -0.2) is 0 Å². The lowest BCUT2D eigenvalue weighted by atomic mass is 9.65. The second kappa shape index (κ2) is 16.5. The molecule has 1 unspecified atom stereocenters. The molecule has 1 aliphatic heterocycles. The third-order valence-corrected chi connectivity index (χ3v) is 16.4. The van der Waals surface area contributed by atoms with E-state index < -0.39 is 5.41 Å². The summed E-state index contributed by atoms with van der Waals surface area (Å²) in [5, 5.41) is 2.25. The van der Waals surface area contributed by atoms with Crippen molar-refractivity contribution < 1.29 is 4.42 Å². The predicted octanol–water partition coefficient (Wildman–Crippen LogP) is 19.9. The van der Waals surface area contributed by atoms with Gasteiger partial charge in [0.25, 0.3) is 0 Å². The molecule has 0 amide bonds. The van der Waals surface area contributed by atoms with Gasteiger partial charge in [0.1, 0.15) is 11.2 Å². The number of hydrogen-bond acceptors (Lipinski definition) is 3. The van der Waals surface area contributed by atoms with Gasteiger partial charge < -0.3 is 14.2 Å². The average molecular weight is 967 g/mol. The summed E-state index contributed by atoms with van der Waals surface area (Å²) in [6.07, 6.45) is 0. The molecule has 0 fully saturated rings. The monoisotopic (exact) mass is 966 g/mol. The number of furan rings is 1. The highest BCUT2D eigenvalue weighted by molar-refractivity contribution is 6.10. The summed E-state index contributed by atoms with van der Waals surface area (Å²) in [5.41, 5.74) is 27.0. The van der Waals surface area contributed by atoms with Crippen LogP contribution in [0.2, 0.25) is 0 Å². The van der Waals surface area contributed by atoms with Crippen LogP contribution in [-0.2, 0) is 5.41 Å². The SMILES string of the molecule is c1ccc(-c2ccc(N(c3ccc4c(c3)-c3ccccc3-c3ccccc3C43c4ccccc4-c4cc5oc6ccccc6c5cc43)c3cccc4c3N(c3ccccc3)c3ccccc3-c3ccccc3-4)cc2)cc1. The molecule has 1 aromatic heterocycles. The summed E-state index contributed by atoms with van der Waals surface area (Å²) < 4.78 is 6.65. The van der Waals surface area contributed by atoms with Crippen LogP contribution in [0.4, 0.5) is 34.1 Å². The fourth-order valence-electron chi connectivity index (χ4n) is 13.3. The van der Waals surface area contributed by atoms with Gasteiger partial charge in [0.15, 0.2) is 0 Å². The largest absolute Gasteiger partial charge is 0.456 e. The van der Waals surface area contributed by atoms with Gasteiger partial charge in [0.2, 0.25) is 0 Å². The fraction of sp³-hybridized carbons (Fsp3) is 0.0137. The normalized spacial score (nSPS) is 14.3. The molecule has 12 aromatic carbocycles. The van der Waals surface area contributed by atoms with Crippen molar-refractivity contribution in [1.82, 2.24) is 0 Å². The standard InChI is InChI=1S/C73H46N2O/c1-3-20-47(21-4-1)48-38-40-50(41-39-48)74(69-36-19-32-60-54-26-9-8-25-53(54)58-30-13-17-35-68(58)75(72(60)69)49-22-5-2-6-23-49)51-42-43-66-61(44-51)55-27-10-7-24-52(55)56-28-11-15-33-64(56)73(66)65-34-16-12-29-57(65)62-46-71-63(45-67(62)73)59-31-14-18-37-70(59)76-71/h1-46H. The molecule has 1 atom stereocenters. The summed E-state index contributed by atoms with van der Waals surface area (Å²) in [5.74, 6) is 0. The highest BCUT2D eigenvalue weighted by Gasteiger charge is 2.50. The van der Waals surface area contributed by atoms with Crippen molar-refractivity contribution in [3.05, 3.63) is 301 Å². The molecule has 2 heterocycles. The van der Waals surface area contributed by atoms with E-state index in [1.165, 1.54) is 83.5 Å². The van der Waals surface area contributed by atoms with Crippen molar-refractivity contribution in [3.63, 3.8) is 0 Å². The Hall–Kier alpha value is -9.96. The van der Waals surface area contributed by atoms with E-state index in [9.17, 15) is 0 Å². The number of rotatable bonds is 5. The minimum Gasteiger partial charge on any atom is -0.456 e. The summed E-state index contributed by atoms with van der Waals surface area (Å²) in [7, 11) is 0. The van der Waals surface area contributed by atoms with Crippen LogP contribution in [0, 0.1) is 0 Å². The predicted molar refractivity (Wildman–Crippen MR) is 315 cm³/mol. The Bertz CT molecular complexity index is 4480. The van der Waals surface area contributed by atoms with Crippen molar-refractivity contribution in [2.24, 2.45) is 0 Å². The Morgan fingerprint density at radius 1 is 0.303 bits per heavy atom. The highest BCUT2D eigenvalue weighted by atomic mass is 16.3. The first kappa shape index (κ1) is 42.5. The average Bonchev–Trinajstić information content (AvgIpc) is 4.09. The topological polar surface area (TPSA) is 19.6 Å². The second-order valence-electron chi connectivity index (χ2n) is 20.3. The molecule has 3 aliphatic rings. The van der Waals surface area contributed by atoms with E-state index in [1.807, 2.05) is 0 Å². The van der Waals surface area contributed by atoms with Crippen LogP contribution in [0.3, 0.4) is 0 Å². The van der Waals surface area contributed by atoms with Crippen molar-refractivity contribution in [2.45, 2.75) is 5.41 Å². The number of nitrogens with zero attached hydrogens (tertiary/aromatic N) is 2. The Balaban J connectivity index is 1.01. The van der Waals surface area contributed by atoms with Crippen molar-refractivity contribution in [2.75, 3.05) is 9.80 Å². The van der Waals surface area contributed by atoms with Gasteiger partial charge in [-0.05, 0) is 145 Å². The van der Waals surface area contributed by atoms with Gasteiger partial charge in [-0.15, -0.1) is 0 Å². The molecular formula is C73H46N2O. The summed E-state index contributed by atoms with van der Waals surface area (Å²) >= 11 is 0. The molecule has 2 aliphatic carbocycles. The van der Waals surface area contributed by atoms with Crippen LogP contribution in [0.1, 0.15) is 22.3 Å². The van der Waals surface area contributed by atoms with E-state index in [-0.39, 0.29) is 0 Å². The van der Waals surface area contributed by atoms with Crippen LogP contribution in [0.5, 0.6) is 0 Å². The summed E-state index contributed by atoms with van der Waals surface area (Å²) in [4.78, 5) is 4.99. The zero-order valence-corrected chi connectivity index (χ0v) is 41.4. The van der Waals surface area contributed by atoms with Gasteiger partial charge in [-0.1, -0.05) is 212 Å². The number of para-hydroxylation sites is 4. The van der Waals surface area contributed by atoms with Gasteiger partial charge in [-0.2, -0.15) is 0 Å². The molecule has 1 spiro atoms. The molecular weight excluding hydrogens is 921 g/mol. The highest BCUT2D eigenvalue weighted by Crippen LogP contribution is 2.63. The molecule has 354 valence electrons. The third-order valence-electron chi connectivity index (χ3n) is 16.4. The van der Waals surface area contributed by atoms with Crippen molar-refractivity contribution in [1.29, 1.82) is 0 Å². The van der Waals surface area contributed by atoms with Gasteiger partial charge in [0, 0.05) is 39.0 Å². The van der Waals surface area contributed by atoms with Crippen LogP contribution in [0.15, 0.2) is 283 Å². The quantitative estimate of drug-likeness (QED) is 0.171. The number of anilines is 6. The Labute approximate surface area is 441 Å². The van der Waals surface area contributed by atoms with Crippen LogP contribution in [-0.4, -0.2) is 0 Å². The van der Waals surface area contributed by atoms with E-state index >= 15 is 0 Å². The zero-order chi connectivity index (χ0) is 49.9.